The summed E-state index contributed by atoms with van der Waals surface area (Å²) in [7, 11) is 3.32. The monoisotopic (exact) mass is 349 g/mol. The van der Waals surface area contributed by atoms with Gasteiger partial charge in [-0.25, -0.2) is 0 Å². The lowest BCUT2D eigenvalue weighted by atomic mass is 9.98. The fourth-order valence-corrected chi connectivity index (χ4v) is 2.76. The standard InChI is InChI=1S/C17H20BrNO2/c1-4-19-11-12-9-16(20-2)17(21-3)10-14(12)13-7-5-6-8-15(13)18/h5-10,19H,4,11H2,1-3H3. The number of hydrogen-bond donors (Lipinski definition) is 1. The van der Waals surface area contributed by atoms with E-state index in [0.29, 0.717) is 0 Å². The smallest absolute Gasteiger partial charge is 0.161 e. The molecule has 112 valence electrons. The quantitative estimate of drug-likeness (QED) is 0.845. The summed E-state index contributed by atoms with van der Waals surface area (Å²) < 4.78 is 11.9. The first-order chi connectivity index (χ1) is 10.2. The summed E-state index contributed by atoms with van der Waals surface area (Å²) >= 11 is 3.62. The van der Waals surface area contributed by atoms with Crippen LogP contribution < -0.4 is 14.8 Å². The highest BCUT2D eigenvalue weighted by atomic mass is 79.9. The molecule has 2 rings (SSSR count). The highest BCUT2D eigenvalue weighted by Gasteiger charge is 2.14. The van der Waals surface area contributed by atoms with Crippen LogP contribution in [-0.4, -0.2) is 20.8 Å². The maximum Gasteiger partial charge on any atom is 0.161 e. The Hall–Kier alpha value is -1.52. The molecule has 2 aromatic rings. The zero-order chi connectivity index (χ0) is 15.2. The van der Waals surface area contributed by atoms with Crippen LogP contribution in [0.4, 0.5) is 0 Å². The topological polar surface area (TPSA) is 30.5 Å². The summed E-state index contributed by atoms with van der Waals surface area (Å²) in [5.41, 5.74) is 3.47. The van der Waals surface area contributed by atoms with Crippen LogP contribution >= 0.6 is 15.9 Å². The van der Waals surface area contributed by atoms with Crippen LogP contribution in [0.15, 0.2) is 40.9 Å². The molecule has 0 heterocycles. The van der Waals surface area contributed by atoms with Crippen molar-refractivity contribution in [3.8, 4) is 22.6 Å². The second-order valence-electron chi connectivity index (χ2n) is 4.62. The van der Waals surface area contributed by atoms with Gasteiger partial charge in [-0.3, -0.25) is 0 Å². The zero-order valence-corrected chi connectivity index (χ0v) is 14.2. The van der Waals surface area contributed by atoms with Crippen molar-refractivity contribution in [2.45, 2.75) is 13.5 Å². The summed E-state index contributed by atoms with van der Waals surface area (Å²) in [6.45, 7) is 3.80. The average molecular weight is 350 g/mol. The maximum atomic E-state index is 5.44. The molecular formula is C17H20BrNO2. The van der Waals surface area contributed by atoms with E-state index in [4.69, 9.17) is 9.47 Å². The van der Waals surface area contributed by atoms with Crippen LogP contribution in [0.1, 0.15) is 12.5 Å². The van der Waals surface area contributed by atoms with Crippen LogP contribution in [-0.2, 0) is 6.54 Å². The van der Waals surface area contributed by atoms with Gasteiger partial charge in [0.1, 0.15) is 0 Å². The summed E-state index contributed by atoms with van der Waals surface area (Å²) in [5.74, 6) is 1.49. The predicted octanol–water partition coefficient (Wildman–Crippen LogP) is 4.24. The van der Waals surface area contributed by atoms with Gasteiger partial charge >= 0.3 is 0 Å². The number of hydrogen-bond acceptors (Lipinski definition) is 3. The third-order valence-electron chi connectivity index (χ3n) is 3.34. The molecule has 0 unspecified atom stereocenters. The number of halogens is 1. The van der Waals surface area contributed by atoms with Crippen LogP contribution in [0.3, 0.4) is 0 Å². The molecule has 0 aromatic heterocycles. The summed E-state index contributed by atoms with van der Waals surface area (Å²) in [6.07, 6.45) is 0. The van der Waals surface area contributed by atoms with Crippen LogP contribution in [0.2, 0.25) is 0 Å². The second kappa shape index (κ2) is 7.48. The maximum absolute atomic E-state index is 5.44. The van der Waals surface area contributed by atoms with Gasteiger partial charge in [0.2, 0.25) is 0 Å². The van der Waals surface area contributed by atoms with Crippen LogP contribution in [0.5, 0.6) is 11.5 Å². The van der Waals surface area contributed by atoms with Crippen molar-refractivity contribution >= 4 is 15.9 Å². The molecule has 0 aliphatic heterocycles. The fourth-order valence-electron chi connectivity index (χ4n) is 2.26. The SMILES string of the molecule is CCNCc1cc(OC)c(OC)cc1-c1ccccc1Br. The first kappa shape index (κ1) is 15.9. The van der Waals surface area contributed by atoms with Gasteiger partial charge < -0.3 is 14.8 Å². The molecular weight excluding hydrogens is 330 g/mol. The van der Waals surface area contributed by atoms with E-state index in [1.165, 1.54) is 5.56 Å². The van der Waals surface area contributed by atoms with Crippen molar-refractivity contribution in [2.75, 3.05) is 20.8 Å². The summed E-state index contributed by atoms with van der Waals surface area (Å²) in [4.78, 5) is 0. The molecule has 0 saturated carbocycles. The van der Waals surface area contributed by atoms with E-state index in [1.54, 1.807) is 14.2 Å². The first-order valence-electron chi connectivity index (χ1n) is 6.91. The molecule has 0 atom stereocenters. The van der Waals surface area contributed by atoms with E-state index in [-0.39, 0.29) is 0 Å². The van der Waals surface area contributed by atoms with E-state index in [2.05, 4.69) is 34.2 Å². The van der Waals surface area contributed by atoms with Gasteiger partial charge in [-0.05, 0) is 41.4 Å². The summed E-state index contributed by atoms with van der Waals surface area (Å²) in [5, 5.41) is 3.37. The number of nitrogens with one attached hydrogen (secondary N) is 1. The summed E-state index contributed by atoms with van der Waals surface area (Å²) in [6, 6.07) is 12.3. The molecule has 0 aliphatic carbocycles. The molecule has 0 saturated heterocycles. The molecule has 0 bridgehead atoms. The Labute approximate surface area is 134 Å². The van der Waals surface area contributed by atoms with Crippen LogP contribution in [0.25, 0.3) is 11.1 Å². The lowest BCUT2D eigenvalue weighted by molar-refractivity contribution is 0.354. The Morgan fingerprint density at radius 3 is 2.29 bits per heavy atom. The second-order valence-corrected chi connectivity index (χ2v) is 5.48. The first-order valence-corrected chi connectivity index (χ1v) is 7.71. The molecule has 0 radical (unpaired) electrons. The Bertz CT molecular complexity index is 614. The molecule has 0 aliphatic rings. The van der Waals surface area contributed by atoms with E-state index in [0.717, 1.165) is 40.2 Å². The zero-order valence-electron chi connectivity index (χ0n) is 12.6. The lowest BCUT2D eigenvalue weighted by Gasteiger charge is -2.16. The van der Waals surface area contributed by atoms with Crippen molar-refractivity contribution in [3.63, 3.8) is 0 Å². The van der Waals surface area contributed by atoms with E-state index < -0.39 is 0 Å². The van der Waals surface area contributed by atoms with E-state index >= 15 is 0 Å². The van der Waals surface area contributed by atoms with Crippen molar-refractivity contribution < 1.29 is 9.47 Å². The Morgan fingerprint density at radius 1 is 1.00 bits per heavy atom. The Balaban J connectivity index is 2.58. The third-order valence-corrected chi connectivity index (χ3v) is 4.03. The van der Waals surface area contributed by atoms with Gasteiger partial charge in [0.05, 0.1) is 14.2 Å². The lowest BCUT2D eigenvalue weighted by Crippen LogP contribution is -2.13. The molecule has 0 amide bonds. The van der Waals surface area contributed by atoms with Gasteiger partial charge in [-0.15, -0.1) is 0 Å². The van der Waals surface area contributed by atoms with Crippen molar-refractivity contribution in [1.29, 1.82) is 0 Å². The minimum atomic E-state index is 0.739. The van der Waals surface area contributed by atoms with Gasteiger partial charge in [-0.1, -0.05) is 41.1 Å². The predicted molar refractivity (Wildman–Crippen MR) is 90.1 cm³/mol. The number of benzene rings is 2. The molecule has 4 heteroatoms. The molecule has 0 spiro atoms. The largest absolute Gasteiger partial charge is 0.493 e. The van der Waals surface area contributed by atoms with Gasteiger partial charge in [0, 0.05) is 11.0 Å². The Kier molecular flexibility index (Phi) is 5.65. The number of ether oxygens (including phenoxy) is 2. The average Bonchev–Trinajstić information content (AvgIpc) is 2.52. The third kappa shape index (κ3) is 3.57. The molecule has 21 heavy (non-hydrogen) atoms. The van der Waals surface area contributed by atoms with Crippen LogP contribution in [0, 0.1) is 0 Å². The van der Waals surface area contributed by atoms with Gasteiger partial charge in [0.25, 0.3) is 0 Å². The van der Waals surface area contributed by atoms with Gasteiger partial charge in [-0.2, -0.15) is 0 Å². The molecule has 1 N–H and O–H groups in total. The van der Waals surface area contributed by atoms with E-state index in [9.17, 15) is 0 Å². The van der Waals surface area contributed by atoms with E-state index in [1.807, 2.05) is 30.3 Å². The van der Waals surface area contributed by atoms with Crippen molar-refractivity contribution in [1.82, 2.24) is 5.32 Å². The molecule has 3 nitrogen and oxygen atoms in total. The highest BCUT2D eigenvalue weighted by Crippen LogP contribution is 2.38. The highest BCUT2D eigenvalue weighted by molar-refractivity contribution is 9.10. The Morgan fingerprint density at radius 2 is 1.67 bits per heavy atom. The number of methoxy groups -OCH3 is 2. The normalized spacial score (nSPS) is 10.5. The minimum Gasteiger partial charge on any atom is -0.493 e. The molecule has 0 fully saturated rings. The fraction of sp³-hybridized carbons (Fsp3) is 0.294. The van der Waals surface area contributed by atoms with Crippen molar-refractivity contribution in [3.05, 3.63) is 46.4 Å². The molecule has 2 aromatic carbocycles. The van der Waals surface area contributed by atoms with Gasteiger partial charge in [0.15, 0.2) is 11.5 Å². The minimum absolute atomic E-state index is 0.739. The number of rotatable bonds is 6. The van der Waals surface area contributed by atoms with Crippen molar-refractivity contribution in [2.24, 2.45) is 0 Å².